The summed E-state index contributed by atoms with van der Waals surface area (Å²) in [6.07, 6.45) is 10.8. The van der Waals surface area contributed by atoms with Gasteiger partial charge in [0.15, 0.2) is 0 Å². The molecule has 7 heteroatoms. The molecule has 25 heavy (non-hydrogen) atoms. The Balaban J connectivity index is 0.00000109. The number of hydrogen-bond acceptors (Lipinski definition) is 3. The lowest BCUT2D eigenvalue weighted by molar-refractivity contribution is -0.135. The highest BCUT2D eigenvalue weighted by Gasteiger charge is 2.27. The SMILES string of the molecule is CC.FC(F)(P)OC1=C(n2cc(-c3ccccn3)cn2)C=CCCC1. The van der Waals surface area contributed by atoms with Gasteiger partial charge in [0.1, 0.15) is 11.5 Å². The molecule has 0 aliphatic heterocycles. The van der Waals surface area contributed by atoms with Crippen LogP contribution in [0.4, 0.5) is 8.78 Å². The van der Waals surface area contributed by atoms with Crippen LogP contribution in [0, 0.1) is 0 Å². The van der Waals surface area contributed by atoms with Crippen molar-refractivity contribution < 1.29 is 13.5 Å². The van der Waals surface area contributed by atoms with E-state index in [1.54, 1.807) is 29.3 Å². The van der Waals surface area contributed by atoms with Crippen molar-refractivity contribution in [2.24, 2.45) is 0 Å². The second-order valence-electron chi connectivity index (χ2n) is 5.16. The van der Waals surface area contributed by atoms with Gasteiger partial charge in [0.2, 0.25) is 0 Å². The average Bonchev–Trinajstić information content (AvgIpc) is 2.98. The van der Waals surface area contributed by atoms with E-state index in [2.05, 4.69) is 10.1 Å². The summed E-state index contributed by atoms with van der Waals surface area (Å²) in [4.78, 5) is 4.26. The van der Waals surface area contributed by atoms with Crippen LogP contribution in [0.2, 0.25) is 0 Å². The number of halogens is 2. The van der Waals surface area contributed by atoms with E-state index in [0.29, 0.717) is 12.1 Å². The van der Waals surface area contributed by atoms with Gasteiger partial charge in [-0.25, -0.2) is 4.68 Å². The third kappa shape index (κ3) is 5.46. The lowest BCUT2D eigenvalue weighted by Crippen LogP contribution is -2.13. The summed E-state index contributed by atoms with van der Waals surface area (Å²) >= 11 is 0. The standard InChI is InChI=1S/C16H16F2N3OP.C2H6/c17-16(18,23)22-15-8-3-1-2-7-14(15)21-11-12(10-20-21)13-6-4-5-9-19-13;1-2/h2,4-7,9-11H,1,3,8,23H2;1-2H3. The Morgan fingerprint density at radius 3 is 2.76 bits per heavy atom. The summed E-state index contributed by atoms with van der Waals surface area (Å²) in [5, 5.41) is 4.27. The largest absolute Gasteiger partial charge is 0.432 e. The van der Waals surface area contributed by atoms with Gasteiger partial charge in [-0.3, -0.25) is 4.98 Å². The van der Waals surface area contributed by atoms with Crippen LogP contribution in [-0.4, -0.2) is 20.6 Å². The molecule has 0 aromatic carbocycles. The van der Waals surface area contributed by atoms with E-state index in [-0.39, 0.29) is 5.76 Å². The molecule has 4 nitrogen and oxygen atoms in total. The molecule has 0 amide bonds. The van der Waals surface area contributed by atoms with Crippen molar-refractivity contribution in [1.29, 1.82) is 0 Å². The minimum Gasteiger partial charge on any atom is -0.432 e. The Labute approximate surface area is 148 Å². The summed E-state index contributed by atoms with van der Waals surface area (Å²) in [6.45, 7) is 4.00. The van der Waals surface area contributed by atoms with Gasteiger partial charge in [-0.15, -0.1) is 0 Å². The topological polar surface area (TPSA) is 39.9 Å². The van der Waals surface area contributed by atoms with Crippen molar-refractivity contribution >= 4 is 14.9 Å². The molecule has 1 atom stereocenters. The predicted molar refractivity (Wildman–Crippen MR) is 98.8 cm³/mol. The van der Waals surface area contributed by atoms with Crippen LogP contribution in [0.1, 0.15) is 33.1 Å². The van der Waals surface area contributed by atoms with Crippen LogP contribution >= 0.6 is 9.24 Å². The maximum absolute atomic E-state index is 13.2. The van der Waals surface area contributed by atoms with Crippen LogP contribution < -0.4 is 0 Å². The van der Waals surface area contributed by atoms with Crippen LogP contribution in [-0.2, 0) is 4.74 Å². The van der Waals surface area contributed by atoms with E-state index in [9.17, 15) is 8.78 Å². The molecule has 2 aromatic heterocycles. The molecule has 1 aliphatic carbocycles. The van der Waals surface area contributed by atoms with E-state index < -0.39 is 5.85 Å². The Bertz CT molecular complexity index is 736. The molecule has 134 valence electrons. The molecular formula is C18H22F2N3OP. The molecule has 2 aromatic rings. The van der Waals surface area contributed by atoms with Crippen molar-refractivity contribution in [3.05, 3.63) is 54.7 Å². The monoisotopic (exact) mass is 365 g/mol. The Morgan fingerprint density at radius 1 is 1.28 bits per heavy atom. The summed E-state index contributed by atoms with van der Waals surface area (Å²) in [5.41, 5.74) is 2.11. The Kier molecular flexibility index (Phi) is 6.82. The first kappa shape index (κ1) is 19.3. The smallest absolute Gasteiger partial charge is 0.408 e. The van der Waals surface area contributed by atoms with Gasteiger partial charge in [-0.2, -0.15) is 13.9 Å². The molecule has 0 saturated heterocycles. The number of alkyl halides is 2. The Morgan fingerprint density at radius 2 is 2.08 bits per heavy atom. The third-order valence-corrected chi connectivity index (χ3v) is 3.50. The fraction of sp³-hybridized carbons (Fsp3) is 0.333. The summed E-state index contributed by atoms with van der Waals surface area (Å²) in [6, 6.07) is 5.58. The molecule has 0 N–H and O–H groups in total. The summed E-state index contributed by atoms with van der Waals surface area (Å²) in [7, 11) is 1.40. The second-order valence-corrected chi connectivity index (χ2v) is 5.83. The minimum absolute atomic E-state index is 0.231. The number of hydrogen-bond donors (Lipinski definition) is 0. The normalized spacial score (nSPS) is 14.6. The van der Waals surface area contributed by atoms with Crippen molar-refractivity contribution in [2.45, 2.75) is 39.0 Å². The number of rotatable bonds is 4. The molecule has 2 heterocycles. The zero-order valence-corrected chi connectivity index (χ0v) is 15.5. The van der Waals surface area contributed by atoms with Gasteiger partial charge in [-0.05, 0) is 40.3 Å². The van der Waals surface area contributed by atoms with Crippen LogP contribution in [0.3, 0.4) is 0 Å². The zero-order valence-electron chi connectivity index (χ0n) is 14.3. The minimum atomic E-state index is -3.30. The molecule has 1 unspecified atom stereocenters. The number of nitrogens with zero attached hydrogens (tertiary/aromatic N) is 3. The molecule has 3 rings (SSSR count). The third-order valence-electron chi connectivity index (χ3n) is 3.39. The zero-order chi connectivity index (χ0) is 18.3. The number of allylic oxidation sites excluding steroid dienone is 4. The highest BCUT2D eigenvalue weighted by molar-refractivity contribution is 7.17. The van der Waals surface area contributed by atoms with Crippen molar-refractivity contribution in [3.63, 3.8) is 0 Å². The quantitative estimate of drug-likeness (QED) is 0.688. The highest BCUT2D eigenvalue weighted by atomic mass is 31.0. The van der Waals surface area contributed by atoms with Crippen molar-refractivity contribution in [1.82, 2.24) is 14.8 Å². The van der Waals surface area contributed by atoms with E-state index in [1.165, 1.54) is 9.24 Å². The lowest BCUT2D eigenvalue weighted by atomic mass is 10.2. The molecule has 0 fully saturated rings. The molecule has 0 saturated carbocycles. The molecular weight excluding hydrogens is 343 g/mol. The van der Waals surface area contributed by atoms with E-state index in [0.717, 1.165) is 24.1 Å². The van der Waals surface area contributed by atoms with Gasteiger partial charge in [0, 0.05) is 24.4 Å². The number of aromatic nitrogens is 3. The van der Waals surface area contributed by atoms with Crippen molar-refractivity contribution in [3.8, 4) is 11.3 Å². The van der Waals surface area contributed by atoms with E-state index in [1.807, 2.05) is 38.1 Å². The number of ether oxygens (including phenoxy) is 1. The van der Waals surface area contributed by atoms with Gasteiger partial charge in [0.05, 0.1) is 11.9 Å². The average molecular weight is 365 g/mol. The predicted octanol–water partition coefficient (Wildman–Crippen LogP) is 5.32. The van der Waals surface area contributed by atoms with Gasteiger partial charge in [0.25, 0.3) is 0 Å². The fourth-order valence-electron chi connectivity index (χ4n) is 2.39. The van der Waals surface area contributed by atoms with Gasteiger partial charge >= 0.3 is 5.85 Å². The fourth-order valence-corrected chi connectivity index (χ4v) is 2.53. The van der Waals surface area contributed by atoms with Gasteiger partial charge in [-0.1, -0.05) is 26.0 Å². The molecule has 0 spiro atoms. The Hall–Kier alpha value is -2.07. The maximum Gasteiger partial charge on any atom is 0.408 e. The number of pyridine rings is 1. The molecule has 0 bridgehead atoms. The molecule has 1 aliphatic rings. The first-order valence-corrected chi connectivity index (χ1v) is 8.82. The van der Waals surface area contributed by atoms with Gasteiger partial charge < -0.3 is 4.74 Å². The van der Waals surface area contributed by atoms with Crippen molar-refractivity contribution in [2.75, 3.05) is 0 Å². The second kappa shape index (κ2) is 8.86. The maximum atomic E-state index is 13.2. The first-order valence-electron chi connectivity index (χ1n) is 8.25. The lowest BCUT2D eigenvalue weighted by Gasteiger charge is -2.17. The van der Waals surface area contributed by atoms with Crippen LogP contribution in [0.15, 0.2) is 54.7 Å². The van der Waals surface area contributed by atoms with Crippen LogP contribution in [0.5, 0.6) is 0 Å². The highest BCUT2D eigenvalue weighted by Crippen LogP contribution is 2.33. The first-order chi connectivity index (χ1) is 12.0. The summed E-state index contributed by atoms with van der Waals surface area (Å²) < 4.78 is 32.9. The summed E-state index contributed by atoms with van der Waals surface area (Å²) in [5.74, 6) is -3.06. The molecule has 0 radical (unpaired) electrons. The van der Waals surface area contributed by atoms with Crippen LogP contribution in [0.25, 0.3) is 17.0 Å². The van der Waals surface area contributed by atoms with E-state index in [4.69, 9.17) is 4.74 Å². The van der Waals surface area contributed by atoms with E-state index >= 15 is 0 Å².